The molecule has 1 aliphatic heterocycles. The normalized spacial score (nSPS) is 30.7. The number of ether oxygens (including phenoxy) is 1. The van der Waals surface area contributed by atoms with Gasteiger partial charge >= 0.3 is 0 Å². The van der Waals surface area contributed by atoms with E-state index in [0.717, 1.165) is 6.54 Å². The van der Waals surface area contributed by atoms with Crippen LogP contribution in [-0.2, 0) is 11.3 Å². The number of benzene rings is 1. The zero-order valence-electron chi connectivity index (χ0n) is 16.3. The molecule has 1 aromatic carbocycles. The summed E-state index contributed by atoms with van der Waals surface area (Å²) < 4.78 is 7.45. The van der Waals surface area contributed by atoms with Gasteiger partial charge in [-0.2, -0.15) is 5.10 Å². The Morgan fingerprint density at radius 1 is 1.13 bits per heavy atom. The van der Waals surface area contributed by atoms with Crippen LogP contribution in [0.4, 0.5) is 0 Å². The quantitative estimate of drug-likeness (QED) is 0.529. The highest BCUT2D eigenvalue weighted by molar-refractivity contribution is 5.41. The molecule has 0 unspecified atom stereocenters. The maximum atomic E-state index is 11.1. The number of nitrogens with zero attached hydrogens (tertiary/aromatic N) is 2. The smallest absolute Gasteiger partial charge is 0.191 e. The van der Waals surface area contributed by atoms with E-state index >= 15 is 0 Å². The monoisotopic (exact) mass is 408 g/mol. The van der Waals surface area contributed by atoms with E-state index in [4.69, 9.17) is 4.74 Å². The van der Waals surface area contributed by atoms with Crippen molar-refractivity contribution in [1.82, 2.24) is 9.78 Å². The molecule has 0 radical (unpaired) electrons. The predicted molar refractivity (Wildman–Crippen MR) is 108 cm³/mol. The van der Waals surface area contributed by atoms with Crippen molar-refractivity contribution in [2.24, 2.45) is 5.92 Å². The van der Waals surface area contributed by atoms with Gasteiger partial charge in [-0.25, -0.2) is 0 Å². The summed E-state index contributed by atoms with van der Waals surface area (Å²) in [5.74, 6) is 11.8. The van der Waals surface area contributed by atoms with Crippen LogP contribution in [0, 0.1) is 29.6 Å². The number of hydrogen-bond acceptors (Lipinski definition) is 6. The average Bonchev–Trinajstić information content (AvgIpc) is 3.47. The van der Waals surface area contributed by atoms with Crippen molar-refractivity contribution in [3.8, 4) is 23.7 Å². The van der Waals surface area contributed by atoms with Crippen LogP contribution in [0.25, 0.3) is 0 Å². The van der Waals surface area contributed by atoms with Gasteiger partial charge in [0.15, 0.2) is 11.7 Å². The molecule has 2 aromatic rings. The van der Waals surface area contributed by atoms with Crippen molar-refractivity contribution >= 4 is 0 Å². The van der Waals surface area contributed by atoms with Gasteiger partial charge in [0.1, 0.15) is 18.3 Å². The fourth-order valence-electron chi connectivity index (χ4n) is 3.35. The van der Waals surface area contributed by atoms with E-state index in [2.05, 4.69) is 28.8 Å². The maximum absolute atomic E-state index is 11.1. The molecule has 0 amide bonds. The Bertz CT molecular complexity index is 995. The standard InChI is InChI=1S/C23H24N2O5/c26-15-19-21(27)22(28)23(29,11-10-16-4-2-1-3-5-16)20(30-19)9-8-18-12-24-25(14-18)13-17-6-7-17/h1-5,12,14,17,19-22,26-29H,6-7,13,15H2/t19-,20-,21-,22+,23-/m1/s1. The second-order valence-corrected chi connectivity index (χ2v) is 7.78. The van der Waals surface area contributed by atoms with Crippen molar-refractivity contribution < 1.29 is 25.2 Å². The first kappa shape index (κ1) is 20.6. The molecule has 4 rings (SSSR count). The lowest BCUT2D eigenvalue weighted by molar-refractivity contribution is -0.239. The molecule has 1 aliphatic carbocycles. The number of aliphatic hydroxyl groups excluding tert-OH is 3. The van der Waals surface area contributed by atoms with E-state index in [1.54, 1.807) is 30.5 Å². The van der Waals surface area contributed by atoms with Gasteiger partial charge in [0, 0.05) is 18.3 Å². The van der Waals surface area contributed by atoms with Crippen LogP contribution < -0.4 is 0 Å². The van der Waals surface area contributed by atoms with Crippen molar-refractivity contribution in [3.05, 3.63) is 53.9 Å². The minimum Gasteiger partial charge on any atom is -0.394 e. The van der Waals surface area contributed by atoms with Crippen molar-refractivity contribution in [1.29, 1.82) is 0 Å². The molecule has 7 heteroatoms. The molecule has 0 spiro atoms. The second kappa shape index (κ2) is 8.61. The largest absolute Gasteiger partial charge is 0.394 e. The SMILES string of the molecule is OC[C@H]1O[C@H](C#Cc2cnn(CC3CC3)c2)[C@](O)(C#Cc2ccccc2)[C@@H](O)[C@@H]1O. The Morgan fingerprint density at radius 3 is 2.60 bits per heavy atom. The minimum atomic E-state index is -2.14. The molecule has 156 valence electrons. The van der Waals surface area contributed by atoms with Gasteiger partial charge in [-0.1, -0.05) is 41.9 Å². The number of rotatable bonds is 3. The molecule has 4 N–H and O–H groups in total. The third-order valence-electron chi connectivity index (χ3n) is 5.35. The van der Waals surface area contributed by atoms with Gasteiger partial charge < -0.3 is 25.2 Å². The molecule has 7 nitrogen and oxygen atoms in total. The van der Waals surface area contributed by atoms with Crippen molar-refractivity contribution in [3.63, 3.8) is 0 Å². The molecular formula is C23H24N2O5. The van der Waals surface area contributed by atoms with E-state index in [1.807, 2.05) is 16.9 Å². The zero-order chi connectivity index (χ0) is 21.1. The Labute approximate surface area is 174 Å². The topological polar surface area (TPSA) is 108 Å². The first-order valence-corrected chi connectivity index (χ1v) is 9.96. The van der Waals surface area contributed by atoms with E-state index in [0.29, 0.717) is 17.0 Å². The summed E-state index contributed by atoms with van der Waals surface area (Å²) in [7, 11) is 0. The zero-order valence-corrected chi connectivity index (χ0v) is 16.3. The second-order valence-electron chi connectivity index (χ2n) is 7.78. The summed E-state index contributed by atoms with van der Waals surface area (Å²) in [5.41, 5.74) is -0.874. The summed E-state index contributed by atoms with van der Waals surface area (Å²) >= 11 is 0. The third kappa shape index (κ3) is 4.41. The van der Waals surface area contributed by atoms with Crippen LogP contribution in [0.2, 0.25) is 0 Å². The van der Waals surface area contributed by atoms with Crippen molar-refractivity contribution in [2.75, 3.05) is 6.61 Å². The van der Waals surface area contributed by atoms with Crippen LogP contribution in [0.5, 0.6) is 0 Å². The molecule has 0 bridgehead atoms. The van der Waals surface area contributed by atoms with Gasteiger partial charge in [0.05, 0.1) is 18.4 Å². The van der Waals surface area contributed by atoms with Gasteiger partial charge in [-0.3, -0.25) is 4.68 Å². The van der Waals surface area contributed by atoms with Crippen LogP contribution in [-0.4, -0.2) is 66.8 Å². The molecule has 5 atom stereocenters. The summed E-state index contributed by atoms with van der Waals surface area (Å²) in [6.45, 7) is 0.323. The highest BCUT2D eigenvalue weighted by Gasteiger charge is 2.53. The molecule has 30 heavy (non-hydrogen) atoms. The predicted octanol–water partition coefficient (Wildman–Crippen LogP) is -0.0911. The average molecular weight is 408 g/mol. The molecule has 2 aliphatic rings. The first-order valence-electron chi connectivity index (χ1n) is 9.96. The molecule has 1 aromatic heterocycles. The Morgan fingerprint density at radius 2 is 1.90 bits per heavy atom. The van der Waals surface area contributed by atoms with E-state index in [1.165, 1.54) is 12.8 Å². The fraction of sp³-hybridized carbons (Fsp3) is 0.435. The van der Waals surface area contributed by atoms with Crippen molar-refractivity contribution in [2.45, 2.75) is 49.4 Å². The summed E-state index contributed by atoms with van der Waals surface area (Å²) in [5, 5.41) is 45.7. The number of aromatic nitrogens is 2. The highest BCUT2D eigenvalue weighted by atomic mass is 16.5. The maximum Gasteiger partial charge on any atom is 0.191 e. The lowest BCUT2D eigenvalue weighted by atomic mass is 9.82. The minimum absolute atomic E-state index is 0.530. The first-order chi connectivity index (χ1) is 14.5. The number of aliphatic hydroxyl groups is 4. The van der Waals surface area contributed by atoms with Gasteiger partial charge in [0.25, 0.3) is 0 Å². The number of hydrogen-bond donors (Lipinski definition) is 4. The molecule has 1 saturated heterocycles. The van der Waals surface area contributed by atoms with Crippen LogP contribution in [0.1, 0.15) is 24.0 Å². The van der Waals surface area contributed by atoms with Crippen LogP contribution in [0.3, 0.4) is 0 Å². The lowest BCUT2D eigenvalue weighted by Crippen LogP contribution is -2.65. The van der Waals surface area contributed by atoms with Gasteiger partial charge in [-0.15, -0.1) is 0 Å². The fourth-order valence-corrected chi connectivity index (χ4v) is 3.35. The van der Waals surface area contributed by atoms with E-state index in [-0.39, 0.29) is 0 Å². The van der Waals surface area contributed by atoms with Crippen LogP contribution in [0.15, 0.2) is 42.7 Å². The van der Waals surface area contributed by atoms with Gasteiger partial charge in [-0.05, 0) is 30.9 Å². The molecule has 1 saturated carbocycles. The summed E-state index contributed by atoms with van der Waals surface area (Å²) in [6.07, 6.45) is 0.367. The van der Waals surface area contributed by atoms with Crippen LogP contribution >= 0.6 is 0 Å². The van der Waals surface area contributed by atoms with E-state index in [9.17, 15) is 20.4 Å². The molecule has 2 heterocycles. The third-order valence-corrected chi connectivity index (χ3v) is 5.35. The van der Waals surface area contributed by atoms with Gasteiger partial charge in [0.2, 0.25) is 0 Å². The summed E-state index contributed by atoms with van der Waals surface area (Å²) in [6, 6.07) is 8.96. The van der Waals surface area contributed by atoms with E-state index < -0.39 is 36.6 Å². The Balaban J connectivity index is 1.62. The molecule has 2 fully saturated rings. The Kier molecular flexibility index (Phi) is 5.92. The lowest BCUT2D eigenvalue weighted by Gasteiger charge is -2.43. The molecular weight excluding hydrogens is 384 g/mol. The Hall–Kier alpha value is -2.65. The highest BCUT2D eigenvalue weighted by Crippen LogP contribution is 2.31. The summed E-state index contributed by atoms with van der Waals surface area (Å²) in [4.78, 5) is 0.